The van der Waals surface area contributed by atoms with Crippen LogP contribution in [-0.2, 0) is 6.54 Å². The van der Waals surface area contributed by atoms with Gasteiger partial charge in [0.25, 0.3) is 5.56 Å². The van der Waals surface area contributed by atoms with E-state index in [1.807, 2.05) is 6.92 Å². The van der Waals surface area contributed by atoms with E-state index in [-0.39, 0.29) is 11.6 Å². The molecule has 0 saturated heterocycles. The van der Waals surface area contributed by atoms with Gasteiger partial charge in [-0.15, -0.1) is 0 Å². The predicted molar refractivity (Wildman–Crippen MR) is 42.1 cm³/mol. The highest BCUT2D eigenvalue weighted by molar-refractivity contribution is 4.80. The fourth-order valence-corrected chi connectivity index (χ4v) is 0.834. The Morgan fingerprint density at radius 2 is 2.55 bits per heavy atom. The van der Waals surface area contributed by atoms with Crippen molar-refractivity contribution in [2.24, 2.45) is 5.73 Å². The minimum atomic E-state index is -0.107. The molecule has 4 nitrogen and oxygen atoms in total. The topological polar surface area (TPSA) is 60.9 Å². The van der Waals surface area contributed by atoms with E-state index in [0.717, 1.165) is 0 Å². The summed E-state index contributed by atoms with van der Waals surface area (Å²) in [7, 11) is 0. The molecule has 11 heavy (non-hydrogen) atoms. The summed E-state index contributed by atoms with van der Waals surface area (Å²) in [6.07, 6.45) is 4.48. The monoisotopic (exact) mass is 153 g/mol. The molecule has 1 aromatic heterocycles. The summed E-state index contributed by atoms with van der Waals surface area (Å²) < 4.78 is 1.54. The van der Waals surface area contributed by atoms with Crippen molar-refractivity contribution < 1.29 is 0 Å². The van der Waals surface area contributed by atoms with Crippen molar-refractivity contribution in [3.63, 3.8) is 0 Å². The minimum absolute atomic E-state index is 0.00454. The molecule has 1 atom stereocenters. The van der Waals surface area contributed by atoms with Crippen LogP contribution in [0, 0.1) is 0 Å². The first-order valence-electron chi connectivity index (χ1n) is 3.46. The highest BCUT2D eigenvalue weighted by atomic mass is 16.1. The Morgan fingerprint density at radius 3 is 3.09 bits per heavy atom. The number of nitrogens with zero attached hydrogens (tertiary/aromatic N) is 2. The van der Waals surface area contributed by atoms with Gasteiger partial charge in [0.15, 0.2) is 0 Å². The number of rotatable bonds is 2. The molecule has 60 valence electrons. The number of nitrogens with two attached hydrogens (primary N) is 1. The van der Waals surface area contributed by atoms with Crippen LogP contribution in [0.25, 0.3) is 0 Å². The zero-order valence-electron chi connectivity index (χ0n) is 6.40. The zero-order chi connectivity index (χ0) is 8.27. The summed E-state index contributed by atoms with van der Waals surface area (Å²) >= 11 is 0. The fraction of sp³-hybridized carbons (Fsp3) is 0.429. The highest BCUT2D eigenvalue weighted by Crippen LogP contribution is 1.82. The quantitative estimate of drug-likeness (QED) is 0.628. The summed E-state index contributed by atoms with van der Waals surface area (Å²) in [5.74, 6) is 0. The van der Waals surface area contributed by atoms with E-state index >= 15 is 0 Å². The second-order valence-electron chi connectivity index (χ2n) is 2.54. The zero-order valence-corrected chi connectivity index (χ0v) is 6.40. The van der Waals surface area contributed by atoms with Crippen LogP contribution in [0.1, 0.15) is 6.92 Å². The van der Waals surface area contributed by atoms with Gasteiger partial charge in [0.05, 0.1) is 6.20 Å². The molecule has 0 saturated carbocycles. The second kappa shape index (κ2) is 3.30. The van der Waals surface area contributed by atoms with Crippen molar-refractivity contribution >= 4 is 0 Å². The number of aromatic nitrogens is 2. The highest BCUT2D eigenvalue weighted by Gasteiger charge is 1.96. The van der Waals surface area contributed by atoms with Crippen molar-refractivity contribution in [1.82, 2.24) is 9.55 Å². The molecule has 0 spiro atoms. The van der Waals surface area contributed by atoms with Gasteiger partial charge in [-0.3, -0.25) is 9.78 Å². The molecule has 2 N–H and O–H groups in total. The maximum atomic E-state index is 11.0. The maximum absolute atomic E-state index is 11.0. The van der Waals surface area contributed by atoms with E-state index in [9.17, 15) is 4.79 Å². The molecule has 0 aliphatic rings. The van der Waals surface area contributed by atoms with Gasteiger partial charge in [-0.25, -0.2) is 0 Å². The van der Waals surface area contributed by atoms with E-state index in [2.05, 4.69) is 4.98 Å². The SMILES string of the molecule is CC(N)Cn1ccncc1=O. The van der Waals surface area contributed by atoms with Gasteiger partial charge in [0.2, 0.25) is 0 Å². The Hall–Kier alpha value is -1.16. The molecule has 0 fully saturated rings. The Labute approximate surface area is 64.7 Å². The first kappa shape index (κ1) is 7.94. The Bertz CT molecular complexity index is 279. The summed E-state index contributed by atoms with van der Waals surface area (Å²) in [6.45, 7) is 2.40. The lowest BCUT2D eigenvalue weighted by atomic mass is 10.3. The summed E-state index contributed by atoms with van der Waals surface area (Å²) in [5, 5.41) is 0. The van der Waals surface area contributed by atoms with Gasteiger partial charge in [-0.05, 0) is 6.92 Å². The Morgan fingerprint density at radius 1 is 1.82 bits per heavy atom. The van der Waals surface area contributed by atoms with Gasteiger partial charge in [-0.1, -0.05) is 0 Å². The van der Waals surface area contributed by atoms with Crippen molar-refractivity contribution in [1.29, 1.82) is 0 Å². The summed E-state index contributed by atoms with van der Waals surface area (Å²) in [4.78, 5) is 14.7. The van der Waals surface area contributed by atoms with E-state index in [1.54, 1.807) is 12.4 Å². The summed E-state index contributed by atoms with van der Waals surface area (Å²) in [6, 6.07) is -0.00454. The Balaban J connectivity index is 2.87. The predicted octanol–water partition coefficient (Wildman–Crippen LogP) is -0.410. The average molecular weight is 153 g/mol. The van der Waals surface area contributed by atoms with Crippen LogP contribution < -0.4 is 11.3 Å². The van der Waals surface area contributed by atoms with Crippen LogP contribution in [-0.4, -0.2) is 15.6 Å². The molecule has 4 heteroatoms. The van der Waals surface area contributed by atoms with Gasteiger partial charge in [-0.2, -0.15) is 0 Å². The molecule has 0 amide bonds. The molecular weight excluding hydrogens is 142 g/mol. The average Bonchev–Trinajstić information content (AvgIpc) is 1.93. The molecule has 1 rings (SSSR count). The first-order chi connectivity index (χ1) is 5.20. The van der Waals surface area contributed by atoms with Crippen molar-refractivity contribution in [2.45, 2.75) is 19.5 Å². The third kappa shape index (κ3) is 2.16. The molecule has 0 aliphatic heterocycles. The van der Waals surface area contributed by atoms with Crippen LogP contribution in [0.5, 0.6) is 0 Å². The smallest absolute Gasteiger partial charge is 0.269 e. The molecule has 1 unspecified atom stereocenters. The largest absolute Gasteiger partial charge is 0.326 e. The van der Waals surface area contributed by atoms with E-state index < -0.39 is 0 Å². The van der Waals surface area contributed by atoms with Crippen LogP contribution in [0.15, 0.2) is 23.4 Å². The Kier molecular flexibility index (Phi) is 2.38. The van der Waals surface area contributed by atoms with Gasteiger partial charge in [0, 0.05) is 25.0 Å². The third-order valence-electron chi connectivity index (χ3n) is 1.29. The second-order valence-corrected chi connectivity index (χ2v) is 2.54. The third-order valence-corrected chi connectivity index (χ3v) is 1.29. The molecular formula is C7H11N3O. The normalized spacial score (nSPS) is 12.9. The lowest BCUT2D eigenvalue weighted by Gasteiger charge is -2.06. The van der Waals surface area contributed by atoms with Crippen LogP contribution in [0.4, 0.5) is 0 Å². The van der Waals surface area contributed by atoms with Crippen LogP contribution in [0.2, 0.25) is 0 Å². The van der Waals surface area contributed by atoms with E-state index in [1.165, 1.54) is 10.8 Å². The minimum Gasteiger partial charge on any atom is -0.326 e. The van der Waals surface area contributed by atoms with Crippen molar-refractivity contribution in [3.8, 4) is 0 Å². The molecule has 0 radical (unpaired) electrons. The van der Waals surface area contributed by atoms with Gasteiger partial charge >= 0.3 is 0 Å². The fourth-order valence-electron chi connectivity index (χ4n) is 0.834. The molecule has 1 aromatic rings. The molecule has 1 heterocycles. The lowest BCUT2D eigenvalue weighted by Crippen LogP contribution is -2.29. The van der Waals surface area contributed by atoms with Crippen LogP contribution in [0.3, 0.4) is 0 Å². The van der Waals surface area contributed by atoms with Crippen LogP contribution >= 0.6 is 0 Å². The van der Waals surface area contributed by atoms with Crippen molar-refractivity contribution in [3.05, 3.63) is 28.9 Å². The van der Waals surface area contributed by atoms with Gasteiger partial charge in [0.1, 0.15) is 0 Å². The number of hydrogen-bond donors (Lipinski definition) is 1. The summed E-state index contributed by atoms with van der Waals surface area (Å²) in [5.41, 5.74) is 5.41. The standard InChI is InChI=1S/C7H11N3O/c1-6(8)5-10-3-2-9-4-7(10)11/h2-4,6H,5,8H2,1H3. The molecule has 0 bridgehead atoms. The number of hydrogen-bond acceptors (Lipinski definition) is 3. The van der Waals surface area contributed by atoms with E-state index in [0.29, 0.717) is 6.54 Å². The lowest BCUT2D eigenvalue weighted by molar-refractivity contribution is 0.571. The molecule has 0 aliphatic carbocycles. The van der Waals surface area contributed by atoms with Gasteiger partial charge < -0.3 is 10.3 Å². The maximum Gasteiger partial charge on any atom is 0.269 e. The van der Waals surface area contributed by atoms with E-state index in [4.69, 9.17) is 5.73 Å². The molecule has 0 aromatic carbocycles. The first-order valence-corrected chi connectivity index (χ1v) is 3.46. The van der Waals surface area contributed by atoms with Crippen molar-refractivity contribution in [2.75, 3.05) is 0 Å².